The van der Waals surface area contributed by atoms with E-state index in [1.165, 1.54) is 24.3 Å². The van der Waals surface area contributed by atoms with E-state index < -0.39 is 28.7 Å². The lowest BCUT2D eigenvalue weighted by Crippen LogP contribution is -2.13. The molecule has 1 atom stereocenters. The van der Waals surface area contributed by atoms with Crippen LogP contribution in [0.2, 0.25) is 0 Å². The minimum absolute atomic E-state index is 0.146. The lowest BCUT2D eigenvalue weighted by Gasteiger charge is -2.09. The predicted octanol–water partition coefficient (Wildman–Crippen LogP) is 1.39. The molecule has 0 radical (unpaired) electrons. The highest BCUT2D eigenvalue weighted by Gasteiger charge is 2.33. The van der Waals surface area contributed by atoms with Gasteiger partial charge < -0.3 is 9.27 Å². The lowest BCUT2D eigenvalue weighted by atomic mass is 10.3. The smallest absolute Gasteiger partial charge is 0.432 e. The Morgan fingerprint density at radius 3 is 2.30 bits per heavy atom. The molecular weight excluding hydrogens is 299 g/mol. The van der Waals surface area contributed by atoms with Crippen molar-refractivity contribution >= 4 is 17.0 Å². The second-order valence-corrected chi connectivity index (χ2v) is 4.40. The maximum Gasteiger partial charge on any atom is 0.432 e. The molecule has 0 spiro atoms. The summed E-state index contributed by atoms with van der Waals surface area (Å²) in [6.07, 6.45) is -4.65. The van der Waals surface area contributed by atoms with Crippen molar-refractivity contribution in [3.63, 3.8) is 0 Å². The highest BCUT2D eigenvalue weighted by atomic mass is 32.2. The van der Waals surface area contributed by atoms with E-state index in [0.717, 1.165) is 0 Å². The molecule has 0 aliphatic carbocycles. The molecule has 108 valence electrons. The fourth-order valence-corrected chi connectivity index (χ4v) is 1.84. The summed E-state index contributed by atoms with van der Waals surface area (Å²) in [6.45, 7) is 0. The van der Waals surface area contributed by atoms with Crippen LogP contribution in [0.4, 0.5) is 18.9 Å². The van der Waals surface area contributed by atoms with Crippen LogP contribution >= 0.6 is 0 Å². The third-order valence-electron chi connectivity index (χ3n) is 2.35. The molecule has 10 heteroatoms. The Morgan fingerprint density at radius 1 is 1.25 bits per heavy atom. The molecule has 0 aliphatic rings. The molecule has 0 bridgehead atoms. The Bertz CT molecular complexity index is 690. The fraction of sp³-hybridized carbons (Fsp3) is 0.100. The zero-order valence-electron chi connectivity index (χ0n) is 9.60. The van der Waals surface area contributed by atoms with Crippen LogP contribution < -0.4 is 10.3 Å². The van der Waals surface area contributed by atoms with Gasteiger partial charge in [-0.25, -0.2) is 4.68 Å². The average Bonchev–Trinajstić information content (AvgIpc) is 2.71. The van der Waals surface area contributed by atoms with Crippen molar-refractivity contribution in [2.24, 2.45) is 0 Å². The van der Waals surface area contributed by atoms with Crippen molar-refractivity contribution in [2.75, 3.05) is 4.72 Å². The fourth-order valence-electron chi connectivity index (χ4n) is 1.51. The molecule has 1 aromatic heterocycles. The van der Waals surface area contributed by atoms with Crippen molar-refractivity contribution in [2.45, 2.75) is 6.18 Å². The van der Waals surface area contributed by atoms with Gasteiger partial charge in [-0.3, -0.25) is 14.1 Å². The summed E-state index contributed by atoms with van der Waals surface area (Å²) in [6, 6.07) is 5.66. The third-order valence-corrected chi connectivity index (χ3v) is 2.75. The molecule has 1 unspecified atom stereocenters. The first-order valence-electron chi connectivity index (χ1n) is 5.13. The Kier molecular flexibility index (Phi) is 3.68. The van der Waals surface area contributed by atoms with Gasteiger partial charge in [0.1, 0.15) is 5.69 Å². The van der Waals surface area contributed by atoms with Gasteiger partial charge in [-0.15, -0.1) is 0 Å². The average molecular weight is 306 g/mol. The Labute approximate surface area is 112 Å². The zero-order valence-corrected chi connectivity index (χ0v) is 10.4. The molecule has 2 rings (SSSR count). The van der Waals surface area contributed by atoms with Gasteiger partial charge in [0.05, 0.1) is 5.69 Å². The molecule has 20 heavy (non-hydrogen) atoms. The minimum atomic E-state index is -4.65. The number of alkyl halides is 3. The molecule has 2 aromatic rings. The topological polar surface area (TPSA) is 90.0 Å². The largest absolute Gasteiger partial charge is 0.755 e. The van der Waals surface area contributed by atoms with E-state index in [2.05, 4.69) is 4.72 Å². The first-order chi connectivity index (χ1) is 9.27. The summed E-state index contributed by atoms with van der Waals surface area (Å²) in [5.74, 6) is 0. The van der Waals surface area contributed by atoms with E-state index in [-0.39, 0.29) is 11.4 Å². The summed E-state index contributed by atoms with van der Waals surface area (Å²) in [5, 5.41) is 1.93. The number of anilines is 1. The van der Waals surface area contributed by atoms with E-state index >= 15 is 0 Å². The summed E-state index contributed by atoms with van der Waals surface area (Å²) in [5.41, 5.74) is -1.67. The number of halogens is 3. The first-order valence-corrected chi connectivity index (χ1v) is 6.20. The van der Waals surface area contributed by atoms with Crippen molar-refractivity contribution in [1.29, 1.82) is 0 Å². The molecule has 0 saturated heterocycles. The number of hydrogen-bond donors (Lipinski definition) is 2. The highest BCUT2D eigenvalue weighted by molar-refractivity contribution is 7.80. The van der Waals surface area contributed by atoms with Crippen LogP contribution in [0.3, 0.4) is 0 Å². The quantitative estimate of drug-likeness (QED) is 0.840. The Balaban J connectivity index is 2.35. The second-order valence-electron chi connectivity index (χ2n) is 3.72. The number of nitrogens with one attached hydrogen (secondary N) is 2. The molecule has 0 amide bonds. The Morgan fingerprint density at radius 2 is 1.85 bits per heavy atom. The molecule has 2 N–H and O–H groups in total. The van der Waals surface area contributed by atoms with Crippen LogP contribution in [0.1, 0.15) is 5.69 Å². The molecular formula is C10H7F3N3O3S-. The second kappa shape index (κ2) is 5.13. The van der Waals surface area contributed by atoms with Crippen LogP contribution in [0.5, 0.6) is 0 Å². The molecule has 1 aromatic carbocycles. The van der Waals surface area contributed by atoms with Crippen molar-refractivity contribution in [3.8, 4) is 5.69 Å². The highest BCUT2D eigenvalue weighted by Crippen LogP contribution is 2.26. The maximum absolute atomic E-state index is 12.4. The molecule has 0 fully saturated rings. The number of nitrogens with zero attached hydrogens (tertiary/aromatic N) is 1. The van der Waals surface area contributed by atoms with E-state index in [9.17, 15) is 26.7 Å². The first kappa shape index (κ1) is 14.3. The van der Waals surface area contributed by atoms with E-state index in [0.29, 0.717) is 10.7 Å². The van der Waals surface area contributed by atoms with Crippen LogP contribution in [-0.2, 0) is 17.4 Å². The van der Waals surface area contributed by atoms with Crippen LogP contribution in [0, 0.1) is 0 Å². The van der Waals surface area contributed by atoms with Crippen LogP contribution in [-0.4, -0.2) is 18.5 Å². The molecule has 1 heterocycles. The van der Waals surface area contributed by atoms with E-state index in [1.54, 1.807) is 0 Å². The Hall–Kier alpha value is -2.07. The zero-order chi connectivity index (χ0) is 14.9. The predicted molar refractivity (Wildman–Crippen MR) is 63.9 cm³/mol. The van der Waals surface area contributed by atoms with Gasteiger partial charge in [0.25, 0.3) is 5.56 Å². The van der Waals surface area contributed by atoms with E-state index in [1.807, 2.05) is 5.10 Å². The summed E-state index contributed by atoms with van der Waals surface area (Å²) in [4.78, 5) is 11.5. The summed E-state index contributed by atoms with van der Waals surface area (Å²) >= 11 is -2.50. The molecule has 0 saturated carbocycles. The van der Waals surface area contributed by atoms with Crippen LogP contribution in [0.25, 0.3) is 5.69 Å². The van der Waals surface area contributed by atoms with Crippen molar-refractivity contribution in [3.05, 3.63) is 46.4 Å². The SMILES string of the molecule is O=c1cc(C(F)(F)F)[nH]n1-c1ccc(NS(=O)[O-])cc1. The lowest BCUT2D eigenvalue weighted by molar-refractivity contribution is -0.141. The number of hydrogen-bond acceptors (Lipinski definition) is 3. The normalized spacial score (nSPS) is 13.2. The van der Waals surface area contributed by atoms with Gasteiger partial charge in [0, 0.05) is 23.0 Å². The van der Waals surface area contributed by atoms with Gasteiger partial charge in [-0.1, -0.05) is 0 Å². The van der Waals surface area contributed by atoms with Gasteiger partial charge in [0.2, 0.25) is 0 Å². The standard InChI is InChI=1S/C10H8F3N3O3S/c11-10(12,13)8-5-9(17)16(14-8)7-3-1-6(2-4-7)15-20(18)19/h1-5,14-15H,(H,18,19)/p-1. The van der Waals surface area contributed by atoms with E-state index in [4.69, 9.17) is 0 Å². The number of rotatable bonds is 3. The van der Waals surface area contributed by atoms with Crippen LogP contribution in [0.15, 0.2) is 35.1 Å². The summed E-state index contributed by atoms with van der Waals surface area (Å²) < 4.78 is 60.9. The number of aromatic nitrogens is 2. The van der Waals surface area contributed by atoms with Gasteiger partial charge in [-0.2, -0.15) is 13.2 Å². The summed E-state index contributed by atoms with van der Waals surface area (Å²) in [7, 11) is 0. The van der Waals surface area contributed by atoms with Crippen molar-refractivity contribution < 1.29 is 21.9 Å². The number of H-pyrrole nitrogens is 1. The number of aromatic amines is 1. The third kappa shape index (κ3) is 3.08. The van der Waals surface area contributed by atoms with Crippen molar-refractivity contribution in [1.82, 2.24) is 9.78 Å². The minimum Gasteiger partial charge on any atom is -0.755 e. The molecule has 6 nitrogen and oxygen atoms in total. The molecule has 0 aliphatic heterocycles. The monoisotopic (exact) mass is 306 g/mol. The van der Waals surface area contributed by atoms with Gasteiger partial charge >= 0.3 is 6.18 Å². The number of benzene rings is 1. The maximum atomic E-state index is 12.4. The van der Waals surface area contributed by atoms with Gasteiger partial charge in [0.15, 0.2) is 0 Å². The van der Waals surface area contributed by atoms with Gasteiger partial charge in [-0.05, 0) is 24.3 Å².